The molecule has 3 aromatic rings. The molecule has 0 bridgehead atoms. The Kier molecular flexibility index (Phi) is 4.88. The number of hydrogen-bond donors (Lipinski definition) is 1. The average Bonchev–Trinajstić information content (AvgIpc) is 3.09. The molecule has 0 saturated heterocycles. The topological polar surface area (TPSA) is 72.7 Å². The minimum atomic E-state index is -0.306. The van der Waals surface area contributed by atoms with Crippen molar-refractivity contribution in [1.29, 1.82) is 0 Å². The predicted octanol–water partition coefficient (Wildman–Crippen LogP) is 3.62. The molecular weight excluding hydrogens is 349 g/mol. The molecule has 120 valence electrons. The van der Waals surface area contributed by atoms with Crippen molar-refractivity contribution in [3.8, 4) is 5.69 Å². The predicted molar refractivity (Wildman–Crippen MR) is 93.3 cm³/mol. The van der Waals surface area contributed by atoms with E-state index in [9.17, 15) is 4.79 Å². The number of nitrogens with one attached hydrogen (secondary N) is 1. The van der Waals surface area contributed by atoms with E-state index in [2.05, 4.69) is 20.8 Å². The maximum absolute atomic E-state index is 12.1. The van der Waals surface area contributed by atoms with Gasteiger partial charge in [-0.25, -0.2) is 4.68 Å². The first kappa shape index (κ1) is 16.2. The number of hydrogen-bond acceptors (Lipinski definition) is 4. The van der Waals surface area contributed by atoms with Crippen LogP contribution in [0.5, 0.6) is 0 Å². The van der Waals surface area contributed by atoms with E-state index in [0.717, 1.165) is 5.69 Å². The van der Waals surface area contributed by atoms with E-state index in [1.165, 1.54) is 17.1 Å². The second kappa shape index (κ2) is 7.25. The molecule has 2 aromatic carbocycles. The van der Waals surface area contributed by atoms with Crippen LogP contribution < -0.4 is 5.32 Å². The Morgan fingerprint density at radius 3 is 2.58 bits per heavy atom. The van der Waals surface area contributed by atoms with Crippen LogP contribution in [0.2, 0.25) is 10.0 Å². The van der Waals surface area contributed by atoms with Crippen molar-refractivity contribution in [2.45, 2.75) is 0 Å². The Balaban J connectivity index is 1.74. The number of rotatable bonds is 4. The highest BCUT2D eigenvalue weighted by molar-refractivity contribution is 6.37. The number of halogens is 2. The summed E-state index contributed by atoms with van der Waals surface area (Å²) in [6.45, 7) is 0. The summed E-state index contributed by atoms with van der Waals surface area (Å²) in [7, 11) is 0. The number of aromatic nitrogens is 4. The summed E-state index contributed by atoms with van der Waals surface area (Å²) in [6, 6.07) is 12.3. The van der Waals surface area contributed by atoms with Gasteiger partial charge in [-0.15, -0.1) is 5.10 Å². The van der Waals surface area contributed by atoms with Crippen LogP contribution in [0, 0.1) is 0 Å². The fourth-order valence-corrected chi connectivity index (χ4v) is 2.54. The molecule has 0 saturated carbocycles. The van der Waals surface area contributed by atoms with Gasteiger partial charge in [0.25, 0.3) is 0 Å². The number of amides is 1. The molecule has 0 fully saturated rings. The van der Waals surface area contributed by atoms with Gasteiger partial charge in [0.05, 0.1) is 5.69 Å². The lowest BCUT2D eigenvalue weighted by atomic mass is 10.2. The molecule has 1 aromatic heterocycles. The SMILES string of the molecule is O=C(/C=C/c1c(Cl)cccc1Cl)Nc1cccc(-n2cnnn2)c1. The molecule has 0 unspecified atom stereocenters. The van der Waals surface area contributed by atoms with E-state index in [4.69, 9.17) is 23.2 Å². The molecule has 0 atom stereocenters. The van der Waals surface area contributed by atoms with E-state index in [0.29, 0.717) is 21.3 Å². The molecule has 1 heterocycles. The molecule has 0 aliphatic carbocycles. The number of benzene rings is 2. The first-order valence-electron chi connectivity index (χ1n) is 6.90. The van der Waals surface area contributed by atoms with E-state index in [-0.39, 0.29) is 5.91 Å². The number of tetrazole rings is 1. The summed E-state index contributed by atoms with van der Waals surface area (Å²) in [5.41, 5.74) is 1.94. The fourth-order valence-electron chi connectivity index (χ4n) is 2.02. The normalized spacial score (nSPS) is 10.9. The Morgan fingerprint density at radius 1 is 1.12 bits per heavy atom. The van der Waals surface area contributed by atoms with Gasteiger partial charge in [-0.1, -0.05) is 35.3 Å². The van der Waals surface area contributed by atoms with Gasteiger partial charge >= 0.3 is 0 Å². The van der Waals surface area contributed by atoms with Crippen LogP contribution in [0.1, 0.15) is 5.56 Å². The molecule has 8 heteroatoms. The van der Waals surface area contributed by atoms with Crippen molar-refractivity contribution in [2.24, 2.45) is 0 Å². The summed E-state index contributed by atoms with van der Waals surface area (Å²) >= 11 is 12.1. The van der Waals surface area contributed by atoms with E-state index < -0.39 is 0 Å². The third-order valence-electron chi connectivity index (χ3n) is 3.13. The van der Waals surface area contributed by atoms with Crippen LogP contribution in [0.4, 0.5) is 5.69 Å². The van der Waals surface area contributed by atoms with Gasteiger partial charge in [-0.2, -0.15) is 0 Å². The first-order valence-corrected chi connectivity index (χ1v) is 7.65. The van der Waals surface area contributed by atoms with E-state index >= 15 is 0 Å². The molecule has 6 nitrogen and oxygen atoms in total. The van der Waals surface area contributed by atoms with Gasteiger partial charge < -0.3 is 5.32 Å². The first-order chi connectivity index (χ1) is 11.6. The number of carbonyl (C=O) groups is 1. The maximum atomic E-state index is 12.1. The number of anilines is 1. The number of nitrogens with zero attached hydrogens (tertiary/aromatic N) is 4. The molecule has 0 aliphatic heterocycles. The summed E-state index contributed by atoms with van der Waals surface area (Å²) in [5.74, 6) is -0.306. The van der Waals surface area contributed by atoms with Gasteiger partial charge in [-0.05, 0) is 46.8 Å². The second-order valence-corrected chi connectivity index (χ2v) is 5.58. The third-order valence-corrected chi connectivity index (χ3v) is 3.79. The smallest absolute Gasteiger partial charge is 0.248 e. The third kappa shape index (κ3) is 3.79. The molecule has 3 rings (SSSR count). The molecule has 0 spiro atoms. The van der Waals surface area contributed by atoms with Gasteiger partial charge in [0.15, 0.2) is 0 Å². The minimum absolute atomic E-state index is 0.306. The van der Waals surface area contributed by atoms with Crippen LogP contribution in [0.3, 0.4) is 0 Å². The van der Waals surface area contributed by atoms with Crippen molar-refractivity contribution in [3.05, 3.63) is 70.5 Å². The van der Waals surface area contributed by atoms with Crippen LogP contribution in [0.15, 0.2) is 54.9 Å². The average molecular weight is 360 g/mol. The zero-order valence-electron chi connectivity index (χ0n) is 12.2. The lowest BCUT2D eigenvalue weighted by molar-refractivity contribution is -0.111. The summed E-state index contributed by atoms with van der Waals surface area (Å²) < 4.78 is 1.50. The lowest BCUT2D eigenvalue weighted by Crippen LogP contribution is -2.08. The largest absolute Gasteiger partial charge is 0.322 e. The number of carbonyl (C=O) groups excluding carboxylic acids is 1. The van der Waals surface area contributed by atoms with Crippen molar-refractivity contribution < 1.29 is 4.79 Å². The highest BCUT2D eigenvalue weighted by Crippen LogP contribution is 2.25. The molecule has 24 heavy (non-hydrogen) atoms. The van der Waals surface area contributed by atoms with Crippen molar-refractivity contribution >= 4 is 40.9 Å². The quantitative estimate of drug-likeness (QED) is 0.722. The Morgan fingerprint density at radius 2 is 1.88 bits per heavy atom. The molecule has 0 radical (unpaired) electrons. The van der Waals surface area contributed by atoms with Crippen molar-refractivity contribution in [1.82, 2.24) is 20.2 Å². The maximum Gasteiger partial charge on any atom is 0.248 e. The Bertz CT molecular complexity index is 873. The van der Waals surface area contributed by atoms with Crippen LogP contribution in [0.25, 0.3) is 11.8 Å². The fraction of sp³-hybridized carbons (Fsp3) is 0. The van der Waals surface area contributed by atoms with Gasteiger partial charge in [-0.3, -0.25) is 4.79 Å². The van der Waals surface area contributed by atoms with E-state index in [1.807, 2.05) is 6.07 Å². The highest BCUT2D eigenvalue weighted by atomic mass is 35.5. The summed E-state index contributed by atoms with van der Waals surface area (Å²) in [5, 5.41) is 14.7. The zero-order chi connectivity index (χ0) is 16.9. The molecule has 1 N–H and O–H groups in total. The van der Waals surface area contributed by atoms with Crippen molar-refractivity contribution in [3.63, 3.8) is 0 Å². The monoisotopic (exact) mass is 359 g/mol. The Hall–Kier alpha value is -2.70. The van der Waals surface area contributed by atoms with Crippen LogP contribution >= 0.6 is 23.2 Å². The summed E-state index contributed by atoms with van der Waals surface area (Å²) in [6.07, 6.45) is 4.42. The minimum Gasteiger partial charge on any atom is -0.322 e. The molecular formula is C16H11Cl2N5O. The van der Waals surface area contributed by atoms with Crippen LogP contribution in [-0.4, -0.2) is 26.1 Å². The Labute approximate surface area is 147 Å². The van der Waals surface area contributed by atoms with Gasteiger partial charge in [0.1, 0.15) is 6.33 Å². The second-order valence-electron chi connectivity index (χ2n) is 4.76. The highest BCUT2D eigenvalue weighted by Gasteiger charge is 2.04. The lowest BCUT2D eigenvalue weighted by Gasteiger charge is -2.05. The molecule has 0 aliphatic rings. The van der Waals surface area contributed by atoms with E-state index in [1.54, 1.807) is 42.5 Å². The zero-order valence-corrected chi connectivity index (χ0v) is 13.7. The summed E-state index contributed by atoms with van der Waals surface area (Å²) in [4.78, 5) is 12.1. The van der Waals surface area contributed by atoms with Gasteiger partial charge in [0.2, 0.25) is 5.91 Å². The van der Waals surface area contributed by atoms with Crippen LogP contribution in [-0.2, 0) is 4.79 Å². The molecule has 1 amide bonds. The van der Waals surface area contributed by atoms with Gasteiger partial charge in [0, 0.05) is 27.4 Å². The van der Waals surface area contributed by atoms with Crippen molar-refractivity contribution in [2.75, 3.05) is 5.32 Å². The standard InChI is InChI=1S/C16H11Cl2N5O/c17-14-5-2-6-15(18)13(14)7-8-16(24)20-11-3-1-4-12(9-11)23-10-19-21-22-23/h1-10H,(H,20,24)/b8-7+.